The van der Waals surface area contributed by atoms with Crippen LogP contribution in [0.1, 0.15) is 16.7 Å². The van der Waals surface area contributed by atoms with E-state index >= 15 is 0 Å². The van der Waals surface area contributed by atoms with Crippen molar-refractivity contribution < 1.29 is 18.7 Å². The lowest BCUT2D eigenvalue weighted by Gasteiger charge is -2.13. The second kappa shape index (κ2) is 10.2. The number of nitrogens with zero attached hydrogens (tertiary/aromatic N) is 1. The van der Waals surface area contributed by atoms with Crippen molar-refractivity contribution in [1.82, 2.24) is 4.90 Å². The van der Waals surface area contributed by atoms with E-state index in [9.17, 15) is 14.0 Å². The Labute approximate surface area is 208 Å². The summed E-state index contributed by atoms with van der Waals surface area (Å²) in [7, 11) is 0. The number of ether oxygens (including phenoxy) is 1. The van der Waals surface area contributed by atoms with Gasteiger partial charge >= 0.3 is 0 Å². The lowest BCUT2D eigenvalue weighted by atomic mass is 10.1. The molecule has 0 aromatic heterocycles. The van der Waals surface area contributed by atoms with Gasteiger partial charge in [-0.2, -0.15) is 0 Å². The predicted octanol–water partition coefficient (Wildman–Crippen LogP) is 7.60. The normalized spacial score (nSPS) is 14.9. The van der Waals surface area contributed by atoms with Gasteiger partial charge in [-0.05, 0) is 71.4 Å². The van der Waals surface area contributed by atoms with Gasteiger partial charge in [0.1, 0.15) is 18.2 Å². The van der Waals surface area contributed by atoms with E-state index in [1.807, 2.05) is 12.1 Å². The van der Waals surface area contributed by atoms with Crippen molar-refractivity contribution in [2.75, 3.05) is 0 Å². The van der Waals surface area contributed by atoms with Gasteiger partial charge in [0.05, 0.1) is 11.4 Å². The van der Waals surface area contributed by atoms with Gasteiger partial charge < -0.3 is 4.74 Å². The number of imide groups is 1. The molecule has 1 heterocycles. The minimum Gasteiger partial charge on any atom is -0.488 e. The van der Waals surface area contributed by atoms with Gasteiger partial charge in [-0.25, -0.2) is 4.39 Å². The highest BCUT2D eigenvalue weighted by Gasteiger charge is 2.35. The first kappa shape index (κ1) is 23.6. The van der Waals surface area contributed by atoms with Crippen LogP contribution in [0.4, 0.5) is 9.18 Å². The van der Waals surface area contributed by atoms with Gasteiger partial charge in [0.25, 0.3) is 11.1 Å². The summed E-state index contributed by atoms with van der Waals surface area (Å²) >= 11 is 19.0. The molecule has 0 radical (unpaired) electrons. The summed E-state index contributed by atoms with van der Waals surface area (Å²) in [5.74, 6) is -0.483. The Balaban J connectivity index is 1.56. The van der Waals surface area contributed by atoms with Crippen LogP contribution < -0.4 is 4.74 Å². The second-order valence-corrected chi connectivity index (χ2v) is 9.38. The van der Waals surface area contributed by atoms with Crippen LogP contribution in [0.25, 0.3) is 6.08 Å². The molecule has 168 valence electrons. The van der Waals surface area contributed by atoms with Crippen molar-refractivity contribution in [3.63, 3.8) is 0 Å². The van der Waals surface area contributed by atoms with E-state index in [1.54, 1.807) is 36.4 Å². The molecule has 1 fully saturated rings. The Morgan fingerprint density at radius 3 is 2.52 bits per heavy atom. The predicted molar refractivity (Wildman–Crippen MR) is 130 cm³/mol. The van der Waals surface area contributed by atoms with Crippen molar-refractivity contribution in [2.45, 2.75) is 13.2 Å². The molecular formula is C24H15Cl3FNO3S. The average Bonchev–Trinajstić information content (AvgIpc) is 3.02. The topological polar surface area (TPSA) is 46.6 Å². The highest BCUT2D eigenvalue weighted by Crippen LogP contribution is 2.36. The number of hydrogen-bond donors (Lipinski definition) is 0. The zero-order chi connectivity index (χ0) is 23.5. The van der Waals surface area contributed by atoms with E-state index in [-0.39, 0.29) is 23.1 Å². The van der Waals surface area contributed by atoms with E-state index in [0.717, 1.165) is 28.3 Å². The first-order chi connectivity index (χ1) is 15.8. The molecule has 0 atom stereocenters. The SMILES string of the molecule is O=C1S/C(=C/c2cc(Cl)ccc2OCc2cccc(Cl)c2)C(=O)N1Cc1ccc(F)cc1Cl. The first-order valence-electron chi connectivity index (χ1n) is 9.66. The molecule has 1 aliphatic heterocycles. The Morgan fingerprint density at radius 1 is 0.970 bits per heavy atom. The number of thioether (sulfide) groups is 1. The lowest BCUT2D eigenvalue weighted by molar-refractivity contribution is -0.123. The lowest BCUT2D eigenvalue weighted by Crippen LogP contribution is -2.27. The van der Waals surface area contributed by atoms with Gasteiger partial charge in [-0.3, -0.25) is 14.5 Å². The minimum atomic E-state index is -0.496. The van der Waals surface area contributed by atoms with E-state index in [0.29, 0.717) is 26.9 Å². The van der Waals surface area contributed by atoms with Crippen molar-refractivity contribution >= 4 is 63.8 Å². The van der Waals surface area contributed by atoms with Crippen LogP contribution in [0.5, 0.6) is 5.75 Å². The third kappa shape index (κ3) is 5.71. The maximum Gasteiger partial charge on any atom is 0.293 e. The third-order valence-corrected chi connectivity index (χ3v) is 6.49. The molecule has 0 aliphatic carbocycles. The summed E-state index contributed by atoms with van der Waals surface area (Å²) in [5.41, 5.74) is 1.89. The number of carbonyl (C=O) groups is 2. The van der Waals surface area contributed by atoms with Crippen LogP contribution in [0.3, 0.4) is 0 Å². The van der Waals surface area contributed by atoms with E-state index in [2.05, 4.69) is 0 Å². The van der Waals surface area contributed by atoms with E-state index in [4.69, 9.17) is 39.5 Å². The third-order valence-electron chi connectivity index (χ3n) is 4.76. The van der Waals surface area contributed by atoms with Gasteiger partial charge in [0, 0.05) is 20.6 Å². The maximum atomic E-state index is 13.3. The second-order valence-electron chi connectivity index (χ2n) is 7.10. The molecule has 0 spiro atoms. The molecule has 9 heteroatoms. The van der Waals surface area contributed by atoms with Crippen LogP contribution in [0.2, 0.25) is 15.1 Å². The maximum absolute atomic E-state index is 13.3. The molecule has 4 rings (SSSR count). The molecule has 0 N–H and O–H groups in total. The average molecular weight is 523 g/mol. The zero-order valence-corrected chi connectivity index (χ0v) is 19.9. The fourth-order valence-electron chi connectivity index (χ4n) is 3.15. The summed E-state index contributed by atoms with van der Waals surface area (Å²) in [4.78, 5) is 26.7. The summed E-state index contributed by atoms with van der Waals surface area (Å²) in [5, 5.41) is 0.746. The molecule has 33 heavy (non-hydrogen) atoms. The molecular weight excluding hydrogens is 508 g/mol. The molecule has 0 unspecified atom stereocenters. The molecule has 1 aliphatic rings. The van der Waals surface area contributed by atoms with Crippen molar-refractivity contribution in [3.8, 4) is 5.75 Å². The zero-order valence-electron chi connectivity index (χ0n) is 16.9. The number of rotatable bonds is 6. The fraction of sp³-hybridized carbons (Fsp3) is 0.0833. The van der Waals surface area contributed by atoms with Gasteiger partial charge in [0.2, 0.25) is 0 Å². The van der Waals surface area contributed by atoms with Crippen molar-refractivity contribution in [1.29, 1.82) is 0 Å². The largest absolute Gasteiger partial charge is 0.488 e. The fourth-order valence-corrected chi connectivity index (χ4v) is 4.60. The summed E-state index contributed by atoms with van der Waals surface area (Å²) < 4.78 is 19.2. The Bertz CT molecular complexity index is 1280. The van der Waals surface area contributed by atoms with Crippen LogP contribution in [0, 0.1) is 5.82 Å². The Morgan fingerprint density at radius 2 is 1.76 bits per heavy atom. The van der Waals surface area contributed by atoms with Crippen molar-refractivity contribution in [2.24, 2.45) is 0 Å². The Kier molecular flexibility index (Phi) is 7.29. The highest BCUT2D eigenvalue weighted by atomic mass is 35.5. The van der Waals surface area contributed by atoms with Crippen LogP contribution in [0.15, 0.2) is 65.6 Å². The van der Waals surface area contributed by atoms with Gasteiger partial charge in [0.15, 0.2) is 0 Å². The number of benzene rings is 3. The van der Waals surface area contributed by atoms with Crippen LogP contribution >= 0.6 is 46.6 Å². The van der Waals surface area contributed by atoms with Gasteiger partial charge in [-0.15, -0.1) is 0 Å². The number of halogens is 4. The Hall–Kier alpha value is -2.51. The molecule has 4 nitrogen and oxygen atoms in total. The molecule has 0 saturated carbocycles. The van der Waals surface area contributed by atoms with E-state index in [1.165, 1.54) is 12.1 Å². The monoisotopic (exact) mass is 521 g/mol. The number of carbonyl (C=O) groups excluding carboxylic acids is 2. The summed E-state index contributed by atoms with van der Waals surface area (Å²) in [6.45, 7) is 0.197. The molecule has 0 bridgehead atoms. The quantitative estimate of drug-likeness (QED) is 0.313. The van der Waals surface area contributed by atoms with E-state index < -0.39 is 17.0 Å². The standard InChI is InChI=1S/C24H15Cl3FNO3S/c25-17-3-1-2-14(8-17)13-32-21-7-5-18(26)9-16(21)10-22-23(30)29(24(31)33-22)12-15-4-6-19(28)11-20(15)27/h1-11H,12-13H2/b22-10+. The van der Waals surface area contributed by atoms with Gasteiger partial charge in [-0.1, -0.05) is 53.0 Å². The number of hydrogen-bond acceptors (Lipinski definition) is 4. The molecule has 1 saturated heterocycles. The van der Waals surface area contributed by atoms with Crippen LogP contribution in [-0.2, 0) is 17.9 Å². The van der Waals surface area contributed by atoms with Crippen LogP contribution in [-0.4, -0.2) is 16.0 Å². The molecule has 2 amide bonds. The summed E-state index contributed by atoms with van der Waals surface area (Å²) in [6, 6.07) is 16.1. The first-order valence-corrected chi connectivity index (χ1v) is 11.6. The minimum absolute atomic E-state index is 0.0607. The molecule has 3 aromatic carbocycles. The van der Waals surface area contributed by atoms with Crippen molar-refractivity contribution in [3.05, 3.63) is 103 Å². The number of amides is 2. The molecule has 3 aromatic rings. The highest BCUT2D eigenvalue weighted by molar-refractivity contribution is 8.18. The smallest absolute Gasteiger partial charge is 0.293 e. The summed E-state index contributed by atoms with van der Waals surface area (Å²) in [6.07, 6.45) is 1.57.